The second-order valence-electron chi connectivity index (χ2n) is 7.95. The van der Waals surface area contributed by atoms with E-state index in [4.69, 9.17) is 16.0 Å². The van der Waals surface area contributed by atoms with E-state index < -0.39 is 5.63 Å². The number of rotatable bonds is 2. The molecular formula is C22H22ClN5O2. The highest BCUT2D eigenvalue weighted by Crippen LogP contribution is 2.27. The molecule has 0 radical (unpaired) electrons. The first kappa shape index (κ1) is 19.1. The minimum atomic E-state index is -0.411. The maximum atomic E-state index is 12.8. The molecule has 30 heavy (non-hydrogen) atoms. The molecule has 0 amide bonds. The third kappa shape index (κ3) is 3.24. The largest absolute Gasteiger partial charge is 0.422 e. The van der Waals surface area contributed by atoms with Gasteiger partial charge in [-0.15, -0.1) is 0 Å². The number of nitrogens with zero attached hydrogens (tertiary/aromatic N) is 5. The maximum absolute atomic E-state index is 12.8. The average Bonchev–Trinajstić information content (AvgIpc) is 3.13. The maximum Gasteiger partial charge on any atom is 0.345 e. The van der Waals surface area contributed by atoms with Gasteiger partial charge in [-0.2, -0.15) is 0 Å². The standard InChI is InChI=1S/C22H22ClN5O2/c1-13-10-27(7-6-26(13)3)16-5-4-15-8-17(22(29)30-19(15)9-16)18-11-28-12-20(23)24-14(2)21(28)25-18/h4-5,8-9,11-13H,6-7,10H2,1-3H3/t13-/m0/s1. The topological polar surface area (TPSA) is 66.9 Å². The van der Waals surface area contributed by atoms with E-state index in [0.29, 0.717) is 39.4 Å². The van der Waals surface area contributed by atoms with Crippen molar-refractivity contribution >= 4 is 33.9 Å². The fourth-order valence-corrected chi connectivity index (χ4v) is 4.23. The summed E-state index contributed by atoms with van der Waals surface area (Å²) >= 11 is 6.04. The van der Waals surface area contributed by atoms with Crippen LogP contribution in [0.4, 0.5) is 5.69 Å². The third-order valence-electron chi connectivity index (χ3n) is 5.90. The second-order valence-corrected chi connectivity index (χ2v) is 8.34. The first-order chi connectivity index (χ1) is 14.4. The molecule has 1 aliphatic heterocycles. The predicted molar refractivity (Wildman–Crippen MR) is 119 cm³/mol. The summed E-state index contributed by atoms with van der Waals surface area (Å²) in [6.45, 7) is 6.96. The van der Waals surface area contributed by atoms with Crippen molar-refractivity contribution in [3.63, 3.8) is 0 Å². The molecule has 1 fully saturated rings. The molecule has 4 heterocycles. The highest BCUT2D eigenvalue weighted by atomic mass is 35.5. The van der Waals surface area contributed by atoms with Crippen molar-refractivity contribution in [1.29, 1.82) is 0 Å². The van der Waals surface area contributed by atoms with E-state index in [-0.39, 0.29) is 0 Å². The number of imidazole rings is 1. The Morgan fingerprint density at radius 2 is 2.00 bits per heavy atom. The molecule has 4 aromatic rings. The van der Waals surface area contributed by atoms with Gasteiger partial charge in [0.15, 0.2) is 5.65 Å². The van der Waals surface area contributed by atoms with Crippen LogP contribution in [0.1, 0.15) is 12.6 Å². The SMILES string of the molecule is Cc1nc(Cl)cn2cc(-c3cc4ccc(N5CCN(C)[C@@H](C)C5)cc4oc3=O)nc12. The summed E-state index contributed by atoms with van der Waals surface area (Å²) < 4.78 is 7.47. The minimum Gasteiger partial charge on any atom is -0.422 e. The average molecular weight is 424 g/mol. The highest BCUT2D eigenvalue weighted by Gasteiger charge is 2.21. The van der Waals surface area contributed by atoms with Crippen molar-refractivity contribution in [2.75, 3.05) is 31.6 Å². The Hall–Kier alpha value is -2.90. The van der Waals surface area contributed by atoms with Gasteiger partial charge in [0.1, 0.15) is 10.7 Å². The molecule has 0 aliphatic carbocycles. The fourth-order valence-electron chi connectivity index (χ4n) is 4.00. The van der Waals surface area contributed by atoms with Crippen LogP contribution in [0, 0.1) is 6.92 Å². The molecule has 0 bridgehead atoms. The summed E-state index contributed by atoms with van der Waals surface area (Å²) in [5, 5.41) is 1.24. The summed E-state index contributed by atoms with van der Waals surface area (Å²) in [5.74, 6) is 0. The fraction of sp³-hybridized carbons (Fsp3) is 0.318. The van der Waals surface area contributed by atoms with Gasteiger partial charge in [0.05, 0.1) is 17.0 Å². The summed E-state index contributed by atoms with van der Waals surface area (Å²) in [6.07, 6.45) is 3.44. The lowest BCUT2D eigenvalue weighted by Crippen LogP contribution is -2.50. The molecule has 0 saturated carbocycles. The summed E-state index contributed by atoms with van der Waals surface area (Å²) in [5.41, 5.74) is 3.56. The van der Waals surface area contributed by atoms with E-state index in [1.807, 2.05) is 25.1 Å². The lowest BCUT2D eigenvalue weighted by atomic mass is 10.1. The van der Waals surface area contributed by atoms with Gasteiger partial charge in [0.25, 0.3) is 0 Å². The molecule has 0 unspecified atom stereocenters. The number of benzene rings is 1. The number of anilines is 1. The number of hydrogen-bond acceptors (Lipinski definition) is 6. The Bertz CT molecular complexity index is 1330. The minimum absolute atomic E-state index is 0.375. The van der Waals surface area contributed by atoms with Crippen LogP contribution in [0.15, 0.2) is 45.9 Å². The van der Waals surface area contributed by atoms with E-state index in [1.54, 1.807) is 16.8 Å². The number of likely N-dealkylation sites (N-methyl/N-ethyl adjacent to an activating group) is 1. The Kier molecular flexibility index (Phi) is 4.52. The Balaban J connectivity index is 1.55. The molecule has 1 saturated heterocycles. The number of aromatic nitrogens is 3. The monoisotopic (exact) mass is 423 g/mol. The zero-order valence-electron chi connectivity index (χ0n) is 17.1. The van der Waals surface area contributed by atoms with Crippen LogP contribution in [0.2, 0.25) is 5.15 Å². The van der Waals surface area contributed by atoms with Gasteiger partial charge in [-0.1, -0.05) is 11.6 Å². The molecule has 1 aliphatic rings. The van der Waals surface area contributed by atoms with Crippen molar-refractivity contribution < 1.29 is 4.42 Å². The predicted octanol–water partition coefficient (Wildman–Crippen LogP) is 3.60. The first-order valence-corrected chi connectivity index (χ1v) is 10.3. The molecular weight excluding hydrogens is 402 g/mol. The van der Waals surface area contributed by atoms with Crippen LogP contribution in [-0.2, 0) is 0 Å². The van der Waals surface area contributed by atoms with Crippen LogP contribution in [0.5, 0.6) is 0 Å². The van der Waals surface area contributed by atoms with Gasteiger partial charge >= 0.3 is 5.63 Å². The lowest BCUT2D eigenvalue weighted by Gasteiger charge is -2.39. The molecule has 1 aromatic carbocycles. The number of piperazine rings is 1. The van der Waals surface area contributed by atoms with Gasteiger partial charge in [-0.05, 0) is 39.1 Å². The molecule has 7 nitrogen and oxygen atoms in total. The van der Waals surface area contributed by atoms with Crippen LogP contribution in [0.3, 0.4) is 0 Å². The normalized spacial score (nSPS) is 17.9. The van der Waals surface area contributed by atoms with E-state index in [9.17, 15) is 4.79 Å². The van der Waals surface area contributed by atoms with Crippen LogP contribution in [-0.4, -0.2) is 52.0 Å². The Morgan fingerprint density at radius 1 is 1.17 bits per heavy atom. The van der Waals surface area contributed by atoms with E-state index in [2.05, 4.69) is 39.8 Å². The summed E-state index contributed by atoms with van der Waals surface area (Å²) in [6, 6.07) is 8.35. The van der Waals surface area contributed by atoms with Crippen molar-refractivity contribution in [3.8, 4) is 11.3 Å². The Labute approximate surface area is 178 Å². The summed E-state index contributed by atoms with van der Waals surface area (Å²) in [7, 11) is 2.15. The second kappa shape index (κ2) is 7.11. The van der Waals surface area contributed by atoms with Crippen LogP contribution < -0.4 is 10.5 Å². The third-order valence-corrected chi connectivity index (χ3v) is 6.08. The van der Waals surface area contributed by atoms with Gasteiger partial charge in [0, 0.05) is 55.2 Å². The Morgan fingerprint density at radius 3 is 2.80 bits per heavy atom. The number of fused-ring (bicyclic) bond motifs is 2. The van der Waals surface area contributed by atoms with Gasteiger partial charge in [0.2, 0.25) is 0 Å². The number of halogens is 1. The summed E-state index contributed by atoms with van der Waals surface area (Å²) in [4.78, 5) is 26.2. The van der Waals surface area contributed by atoms with Crippen molar-refractivity contribution in [2.24, 2.45) is 0 Å². The van der Waals surface area contributed by atoms with Gasteiger partial charge < -0.3 is 18.6 Å². The number of hydrogen-bond donors (Lipinski definition) is 0. The number of aryl methyl sites for hydroxylation is 1. The van der Waals surface area contributed by atoms with Crippen molar-refractivity contribution in [2.45, 2.75) is 19.9 Å². The molecule has 1 atom stereocenters. The molecule has 3 aromatic heterocycles. The van der Waals surface area contributed by atoms with Gasteiger partial charge in [-0.3, -0.25) is 0 Å². The van der Waals surface area contributed by atoms with Crippen molar-refractivity contribution in [3.05, 3.63) is 57.9 Å². The van der Waals surface area contributed by atoms with E-state index >= 15 is 0 Å². The molecule has 0 spiro atoms. The molecule has 8 heteroatoms. The van der Waals surface area contributed by atoms with E-state index in [0.717, 1.165) is 30.7 Å². The quantitative estimate of drug-likeness (QED) is 0.459. The van der Waals surface area contributed by atoms with E-state index in [1.165, 1.54) is 0 Å². The highest BCUT2D eigenvalue weighted by molar-refractivity contribution is 6.29. The zero-order chi connectivity index (χ0) is 21.0. The smallest absolute Gasteiger partial charge is 0.345 e. The first-order valence-electron chi connectivity index (χ1n) is 9.94. The molecule has 5 rings (SSSR count). The van der Waals surface area contributed by atoms with Crippen molar-refractivity contribution in [1.82, 2.24) is 19.3 Å². The zero-order valence-corrected chi connectivity index (χ0v) is 17.8. The van der Waals surface area contributed by atoms with Crippen LogP contribution in [0.25, 0.3) is 27.9 Å². The molecule has 0 N–H and O–H groups in total. The molecule has 154 valence electrons. The lowest BCUT2D eigenvalue weighted by molar-refractivity contribution is 0.234. The van der Waals surface area contributed by atoms with Crippen LogP contribution >= 0.6 is 11.6 Å². The van der Waals surface area contributed by atoms with Gasteiger partial charge in [-0.25, -0.2) is 14.8 Å².